The second-order valence-corrected chi connectivity index (χ2v) is 26.5. The van der Waals surface area contributed by atoms with Gasteiger partial charge in [-0.1, -0.05) is 125 Å². The van der Waals surface area contributed by atoms with E-state index in [0.29, 0.717) is 6.42 Å². The molecule has 8 amide bonds. The van der Waals surface area contributed by atoms with Crippen molar-refractivity contribution in [2.24, 2.45) is 111 Å². The molecule has 0 heterocycles. The zero-order chi connectivity index (χ0) is 76.8. The summed E-state index contributed by atoms with van der Waals surface area (Å²) in [6.07, 6.45) is 17.8. The van der Waals surface area contributed by atoms with Crippen LogP contribution in [-0.2, 0) is 43.2 Å². The van der Waals surface area contributed by atoms with Crippen molar-refractivity contribution in [3.05, 3.63) is 0 Å². The minimum absolute atomic E-state index is 0.0112. The number of carboxylic acids is 1. The van der Waals surface area contributed by atoms with E-state index in [1.165, 1.54) is 64.2 Å². The van der Waals surface area contributed by atoms with Gasteiger partial charge in [0.25, 0.3) is 0 Å². The summed E-state index contributed by atoms with van der Waals surface area (Å²) in [6.45, 7) is 9.51. The molecule has 36 nitrogen and oxygen atoms in total. The fourth-order valence-electron chi connectivity index (χ4n) is 10.9. The van der Waals surface area contributed by atoms with Crippen molar-refractivity contribution in [1.29, 1.82) is 0 Å². The highest BCUT2D eigenvalue weighted by atomic mass is 16.4. The molecule has 0 aliphatic rings. The number of nitrogens with two attached hydrogens (primary N) is 12. The molecule has 0 fully saturated rings. The molecule has 0 saturated heterocycles. The van der Waals surface area contributed by atoms with Crippen molar-refractivity contribution in [1.82, 2.24) is 42.5 Å². The first kappa shape index (κ1) is 92.8. The second-order valence-electron chi connectivity index (χ2n) is 26.5. The van der Waals surface area contributed by atoms with E-state index >= 15 is 0 Å². The highest BCUT2D eigenvalue weighted by molar-refractivity contribution is 5.98. The minimum Gasteiger partial charge on any atom is -0.480 e. The number of nitrogens with one attached hydrogen (secondary N) is 8. The first-order valence-electron chi connectivity index (χ1n) is 36.3. The molecule has 33 N–H and O–H groups in total. The summed E-state index contributed by atoms with van der Waals surface area (Å²) < 4.78 is 0. The third kappa shape index (κ3) is 49.4. The number of aliphatic carboxylic acids is 1. The number of hydrogen-bond donors (Lipinski definition) is 21. The second kappa shape index (κ2) is 56.5. The molecule has 0 unspecified atom stereocenters. The van der Waals surface area contributed by atoms with E-state index in [9.17, 15) is 48.3 Å². The molecular weight excluding hydrogens is 1320 g/mol. The molecule has 0 rings (SSSR count). The zero-order valence-electron chi connectivity index (χ0n) is 61.5. The molecule has 0 bridgehead atoms. The lowest BCUT2D eigenvalue weighted by atomic mass is 10.00. The van der Waals surface area contributed by atoms with Crippen LogP contribution in [0.2, 0.25) is 0 Å². The lowest BCUT2D eigenvalue weighted by Gasteiger charge is -2.28. The number of carbonyl (C=O) groups excluding carboxylic acids is 8. The number of hydrogen-bond acceptors (Lipinski definition) is 15. The molecule has 102 heavy (non-hydrogen) atoms. The van der Waals surface area contributed by atoms with Crippen LogP contribution in [-0.4, -0.2) is 182 Å². The average molecular weight is 1450 g/mol. The summed E-state index contributed by atoms with van der Waals surface area (Å²) in [4.78, 5) is 151. The molecule has 36 heteroatoms. The van der Waals surface area contributed by atoms with Gasteiger partial charge in [0, 0.05) is 45.7 Å². The monoisotopic (exact) mass is 1450 g/mol. The summed E-state index contributed by atoms with van der Waals surface area (Å²) in [6, 6.07) is -10.9. The van der Waals surface area contributed by atoms with E-state index in [1.54, 1.807) is 27.7 Å². The van der Waals surface area contributed by atoms with Crippen LogP contribution in [0.4, 0.5) is 0 Å². The van der Waals surface area contributed by atoms with E-state index < -0.39 is 95.7 Å². The Balaban J connectivity index is 7.29. The molecule has 584 valence electrons. The third-order valence-corrected chi connectivity index (χ3v) is 16.2. The maximum atomic E-state index is 14.8. The van der Waals surface area contributed by atoms with Gasteiger partial charge in [-0.3, -0.25) is 68.3 Å². The van der Waals surface area contributed by atoms with E-state index in [0.717, 1.165) is 25.7 Å². The van der Waals surface area contributed by atoms with Crippen molar-refractivity contribution in [3.63, 3.8) is 0 Å². The van der Waals surface area contributed by atoms with Crippen molar-refractivity contribution in [2.75, 3.05) is 39.3 Å². The third-order valence-electron chi connectivity index (χ3n) is 16.2. The van der Waals surface area contributed by atoms with Gasteiger partial charge in [0.1, 0.15) is 48.3 Å². The van der Waals surface area contributed by atoms with Crippen LogP contribution >= 0.6 is 0 Å². The Labute approximate surface area is 603 Å². The van der Waals surface area contributed by atoms with Crippen LogP contribution in [0.5, 0.6) is 0 Å². The Morgan fingerprint density at radius 1 is 0.275 bits per heavy atom. The van der Waals surface area contributed by atoms with E-state index in [2.05, 4.69) is 79.4 Å². The van der Waals surface area contributed by atoms with Crippen LogP contribution in [0.1, 0.15) is 227 Å². The lowest BCUT2D eigenvalue weighted by molar-refractivity contribution is -0.143. The van der Waals surface area contributed by atoms with E-state index in [1.807, 2.05) is 0 Å². The molecule has 0 aliphatic carbocycles. The molecule has 0 aliphatic heterocycles. The van der Waals surface area contributed by atoms with Crippen molar-refractivity contribution < 1.29 is 48.3 Å². The number of aliphatic imine (C=N–C) groups is 6. The fourth-order valence-corrected chi connectivity index (χ4v) is 10.9. The summed E-state index contributed by atoms with van der Waals surface area (Å²) in [5, 5.41) is 31.6. The molecule has 0 saturated carbocycles. The predicted molar refractivity (Wildman–Crippen MR) is 401 cm³/mol. The molecule has 0 aromatic carbocycles. The van der Waals surface area contributed by atoms with Crippen LogP contribution in [0.15, 0.2) is 30.0 Å². The Hall–Kier alpha value is -9.15. The highest BCUT2D eigenvalue weighted by Gasteiger charge is 2.35. The number of amides is 8. The van der Waals surface area contributed by atoms with Gasteiger partial charge in [0.2, 0.25) is 47.3 Å². The van der Waals surface area contributed by atoms with Gasteiger partial charge in [0.15, 0.2) is 35.8 Å². The van der Waals surface area contributed by atoms with Gasteiger partial charge in [-0.2, -0.15) is 0 Å². The first-order valence-corrected chi connectivity index (χ1v) is 36.3. The van der Waals surface area contributed by atoms with Gasteiger partial charge < -0.3 is 116 Å². The van der Waals surface area contributed by atoms with Gasteiger partial charge >= 0.3 is 5.97 Å². The minimum atomic E-state index is -1.50. The Kier molecular flexibility index (Phi) is 51.4. The number of carbonyl (C=O) groups is 9. The number of unbranched alkanes of at least 4 members (excludes halogenated alkanes) is 14. The maximum Gasteiger partial charge on any atom is 0.326 e. The van der Waals surface area contributed by atoms with Gasteiger partial charge in [-0.25, -0.2) is 4.79 Å². The lowest BCUT2D eigenvalue weighted by Crippen LogP contribution is -2.60. The topological polar surface area (TPSA) is 656 Å². The summed E-state index contributed by atoms with van der Waals surface area (Å²) in [7, 11) is 0. The fraction of sp³-hybridized carbons (Fsp3) is 0.773. The Morgan fingerprint density at radius 2 is 0.471 bits per heavy atom. The van der Waals surface area contributed by atoms with Crippen molar-refractivity contribution in [3.8, 4) is 0 Å². The molecule has 0 radical (unpaired) electrons. The van der Waals surface area contributed by atoms with Crippen molar-refractivity contribution >= 4 is 89.0 Å². The number of nitrogens with zero attached hydrogens (tertiary/aromatic N) is 6. The number of guanidine groups is 6. The van der Waals surface area contributed by atoms with Crippen LogP contribution in [0.3, 0.4) is 0 Å². The quantitative estimate of drug-likeness (QED) is 0.0190. The number of carboxylic acid groups (broad SMARTS) is 1. The van der Waals surface area contributed by atoms with Crippen LogP contribution in [0.25, 0.3) is 0 Å². The van der Waals surface area contributed by atoms with Gasteiger partial charge in [-0.15, -0.1) is 0 Å². The zero-order valence-corrected chi connectivity index (χ0v) is 61.5. The summed E-state index contributed by atoms with van der Waals surface area (Å²) in [5.41, 5.74) is 67.3. The standard InChI is InChI=1S/C66H130N26O10/c1-6-7-8-9-10-11-12-13-14-15-16-17-18-19-20-33-52(93)85-44(27-21-34-79-61(67)68)53(94)86-45(28-22-35-80-62(69)70)54(95)87-46(29-23-36-81-63(71)72)55(96)88-47(30-24-37-82-64(73)74)56(97)89-48(31-25-38-83-65(75)76)57(98)90-49(32-26-39-84-66(77)78)58(99)91-50(40-42(2)3)59(100)92-51(60(101)102)41-43(4)5/h42-51H,6-41H2,1-5H3,(H,85,93)(H,86,94)(H,87,95)(H,88,96)(H,89,97)(H,90,98)(H,91,99)(H,92,100)(H,101,102)(H4,67,68,79)(H4,69,70,80)(H4,71,72,81)(H4,73,74,82)(H4,75,76,83)(H4,77,78,84)/t44-,45-,46-,47-,48-,49-,50-,51-/m0/s1. The molecular formula is C66H130N26O10. The van der Waals surface area contributed by atoms with E-state index in [4.69, 9.17) is 68.8 Å². The summed E-state index contributed by atoms with van der Waals surface area (Å²) in [5.74, 6) is -9.27. The summed E-state index contributed by atoms with van der Waals surface area (Å²) >= 11 is 0. The van der Waals surface area contributed by atoms with Crippen LogP contribution < -0.4 is 111 Å². The smallest absolute Gasteiger partial charge is 0.326 e. The highest BCUT2D eigenvalue weighted by Crippen LogP contribution is 2.16. The van der Waals surface area contributed by atoms with Crippen molar-refractivity contribution in [2.45, 2.75) is 276 Å². The molecule has 0 spiro atoms. The average Bonchev–Trinajstić information content (AvgIpc) is 0.865. The van der Waals surface area contributed by atoms with Gasteiger partial charge in [-0.05, 0) is 108 Å². The van der Waals surface area contributed by atoms with E-state index in [-0.39, 0.29) is 189 Å². The molecule has 0 aromatic heterocycles. The maximum absolute atomic E-state index is 14.8. The largest absolute Gasteiger partial charge is 0.480 e. The first-order chi connectivity index (χ1) is 48.4. The number of rotatable bonds is 60. The molecule has 0 aromatic rings. The normalized spacial score (nSPS) is 13.3. The SMILES string of the molecule is CCCCCCCCCCCCCCCCCC(=O)N[C@@H](CCCN=C(N)N)C(=O)N[C@@H](CCCN=C(N)N)C(=O)N[C@@H](CCCN=C(N)N)C(=O)N[C@@H](CCCN=C(N)N)C(=O)N[C@@H](CCCN=C(N)N)C(=O)N[C@@H](CCCN=C(N)N)C(=O)N[C@@H](CC(C)C)C(=O)N[C@@H](CC(C)C)C(=O)O. The van der Waals surface area contributed by atoms with Gasteiger partial charge in [0.05, 0.1) is 0 Å². The Morgan fingerprint density at radius 3 is 0.696 bits per heavy atom. The Bertz CT molecular complexity index is 2650. The van der Waals surface area contributed by atoms with Crippen LogP contribution in [0, 0.1) is 11.8 Å². The predicted octanol–water partition coefficient (Wildman–Crippen LogP) is -1.38. The molecule has 8 atom stereocenters.